The van der Waals surface area contributed by atoms with Crippen molar-refractivity contribution in [2.75, 3.05) is 0 Å². The third-order valence-electron chi connectivity index (χ3n) is 3.78. The molecule has 0 fully saturated rings. The summed E-state index contributed by atoms with van der Waals surface area (Å²) in [5, 5.41) is 0. The second kappa shape index (κ2) is 6.01. The maximum absolute atomic E-state index is 2.38. The molecule has 0 radical (unpaired) electrons. The molecule has 0 heterocycles. The molecule has 0 atom stereocenters. The average molecular weight is 219 g/mol. The van der Waals surface area contributed by atoms with E-state index in [9.17, 15) is 0 Å². The second-order valence-corrected chi connectivity index (χ2v) is 9.89. The van der Waals surface area contributed by atoms with Crippen molar-refractivity contribution in [1.82, 2.24) is 0 Å². The van der Waals surface area contributed by atoms with E-state index in [0.29, 0.717) is 0 Å². The van der Waals surface area contributed by atoms with E-state index in [1.807, 2.05) is 0 Å². The van der Waals surface area contributed by atoms with E-state index < -0.39 is 8.07 Å². The van der Waals surface area contributed by atoms with E-state index in [0.717, 1.165) is 0 Å². The van der Waals surface area contributed by atoms with E-state index in [1.54, 1.807) is 0 Å². The molecule has 0 amide bonds. The van der Waals surface area contributed by atoms with E-state index in [2.05, 4.69) is 57.2 Å². The van der Waals surface area contributed by atoms with Gasteiger partial charge in [0.2, 0.25) is 0 Å². The van der Waals surface area contributed by atoms with Gasteiger partial charge in [0.25, 0.3) is 0 Å². The standard InChI is InChI=1S/C14H23Si/c1-4-15(5-2,6-3)13-14-11-9-7-8-10-12-14/h7-12H,4-6,13H2,1-3H3/q+1. The van der Waals surface area contributed by atoms with Gasteiger partial charge >= 0.3 is 0 Å². The van der Waals surface area contributed by atoms with Gasteiger partial charge in [-0.15, -0.1) is 0 Å². The summed E-state index contributed by atoms with van der Waals surface area (Å²) in [4.78, 5) is 0. The first kappa shape index (κ1) is 12.4. The van der Waals surface area contributed by atoms with Crippen molar-refractivity contribution in [1.29, 1.82) is 0 Å². The minimum Gasteiger partial charge on any atom is -0.0678 e. The zero-order valence-corrected chi connectivity index (χ0v) is 11.3. The molecule has 1 aromatic carbocycles. The molecule has 0 aliphatic heterocycles. The summed E-state index contributed by atoms with van der Waals surface area (Å²) in [6.45, 7) is 7.13. The molecule has 1 rings (SSSR count). The maximum atomic E-state index is 2.38. The van der Waals surface area contributed by atoms with E-state index in [4.69, 9.17) is 0 Å². The van der Waals surface area contributed by atoms with Crippen LogP contribution < -0.4 is 0 Å². The van der Waals surface area contributed by atoms with Crippen molar-refractivity contribution >= 4 is 8.07 Å². The van der Waals surface area contributed by atoms with Gasteiger partial charge < -0.3 is 0 Å². The van der Waals surface area contributed by atoms with Crippen LogP contribution in [-0.2, 0) is 6.04 Å². The first-order valence-corrected chi connectivity index (χ1v) is 8.96. The molecule has 0 bridgehead atoms. The monoisotopic (exact) mass is 219 g/mol. The molecule has 0 aromatic heterocycles. The molecule has 0 nitrogen and oxygen atoms in total. The molecular formula is C14H23Si+. The number of hydrogen-bond donors (Lipinski definition) is 0. The lowest BCUT2D eigenvalue weighted by atomic mass is 10.3. The van der Waals surface area contributed by atoms with Gasteiger partial charge in [0.05, 0.1) is 8.07 Å². The quantitative estimate of drug-likeness (QED) is 0.503. The fraction of sp³-hybridized carbons (Fsp3) is 0.500. The van der Waals surface area contributed by atoms with Gasteiger partial charge in [-0.25, -0.2) is 0 Å². The highest BCUT2D eigenvalue weighted by molar-refractivity contribution is 6.79. The Labute approximate surface area is 95.4 Å². The predicted molar refractivity (Wildman–Crippen MR) is 71.8 cm³/mol. The molecule has 1 heteroatoms. The first-order valence-electron chi connectivity index (χ1n) is 6.13. The van der Waals surface area contributed by atoms with Crippen molar-refractivity contribution in [3.05, 3.63) is 42.0 Å². The van der Waals surface area contributed by atoms with Crippen LogP contribution in [0.15, 0.2) is 36.4 Å². The Hall–Kier alpha value is -0.693. The van der Waals surface area contributed by atoms with Gasteiger partial charge in [0, 0.05) is 42.0 Å². The third kappa shape index (κ3) is 3.42. The molecule has 1 aromatic rings. The Bertz CT molecular complexity index is 268. The Morgan fingerprint density at radius 1 is 1.00 bits per heavy atom. The summed E-state index contributed by atoms with van der Waals surface area (Å²) in [6.07, 6.45) is 0. The van der Waals surface area contributed by atoms with Crippen LogP contribution in [0.25, 0.3) is 0 Å². The first-order chi connectivity index (χ1) is 7.26. The van der Waals surface area contributed by atoms with Crippen LogP contribution in [0.3, 0.4) is 0 Å². The van der Waals surface area contributed by atoms with Crippen LogP contribution >= 0.6 is 0 Å². The fourth-order valence-corrected chi connectivity index (χ4v) is 5.57. The number of rotatable bonds is 5. The Kier molecular flexibility index (Phi) is 4.96. The highest BCUT2D eigenvalue weighted by Crippen LogP contribution is 2.24. The topological polar surface area (TPSA) is 0 Å². The summed E-state index contributed by atoms with van der Waals surface area (Å²) in [5.41, 5.74) is 1.53. The van der Waals surface area contributed by atoms with Crippen LogP contribution in [-0.4, -0.2) is 8.07 Å². The molecule has 15 heavy (non-hydrogen) atoms. The Morgan fingerprint density at radius 3 is 2.27 bits per heavy atom. The lowest BCUT2D eigenvalue weighted by molar-refractivity contribution is 1.10. The minimum absolute atomic E-state index is 0.994. The van der Waals surface area contributed by atoms with Gasteiger partial charge in [0.15, 0.2) is 0 Å². The molecule has 0 aliphatic rings. The summed E-state index contributed by atoms with van der Waals surface area (Å²) in [6, 6.07) is 18.7. The van der Waals surface area contributed by atoms with Crippen LogP contribution in [0.1, 0.15) is 26.3 Å². The molecule has 0 saturated carbocycles. The lowest BCUT2D eigenvalue weighted by Crippen LogP contribution is -2.34. The molecule has 0 N–H and O–H groups in total. The molecule has 0 aliphatic carbocycles. The normalized spacial score (nSPS) is 11.4. The van der Waals surface area contributed by atoms with Crippen molar-refractivity contribution in [3.63, 3.8) is 0 Å². The molecule has 82 valence electrons. The number of hydrogen-bond acceptors (Lipinski definition) is 0. The van der Waals surface area contributed by atoms with Crippen molar-refractivity contribution in [2.45, 2.75) is 44.9 Å². The summed E-state index contributed by atoms with van der Waals surface area (Å²) < 4.78 is 0. The van der Waals surface area contributed by atoms with Crippen molar-refractivity contribution in [2.24, 2.45) is 0 Å². The van der Waals surface area contributed by atoms with E-state index >= 15 is 0 Å². The zero-order chi connectivity index (χ0) is 11.1. The largest absolute Gasteiger partial charge is 0.0678 e. The van der Waals surface area contributed by atoms with E-state index in [1.165, 1.54) is 29.7 Å². The molecular weight excluding hydrogens is 196 g/mol. The Morgan fingerprint density at radius 2 is 1.67 bits per heavy atom. The third-order valence-corrected chi connectivity index (χ3v) is 9.44. The van der Waals surface area contributed by atoms with Crippen molar-refractivity contribution < 1.29 is 0 Å². The highest BCUT2D eigenvalue weighted by Gasteiger charge is 2.27. The van der Waals surface area contributed by atoms with E-state index in [-0.39, 0.29) is 0 Å². The Balaban J connectivity index is 2.84. The van der Waals surface area contributed by atoms with Gasteiger partial charge in [-0.1, -0.05) is 38.9 Å². The fourth-order valence-electron chi connectivity index (χ4n) is 2.22. The maximum Gasteiger partial charge on any atom is 0.0585 e. The predicted octanol–water partition coefficient (Wildman–Crippen LogP) is 4.56. The smallest absolute Gasteiger partial charge is 0.0585 e. The summed E-state index contributed by atoms with van der Waals surface area (Å²) >= 11 is 0. The van der Waals surface area contributed by atoms with Crippen LogP contribution in [0.2, 0.25) is 18.1 Å². The van der Waals surface area contributed by atoms with Crippen LogP contribution in [0.5, 0.6) is 0 Å². The van der Waals surface area contributed by atoms with Gasteiger partial charge in [-0.05, 0) is 6.04 Å². The molecule has 0 unspecified atom stereocenters. The van der Waals surface area contributed by atoms with Gasteiger partial charge in [0.1, 0.15) is 0 Å². The molecule has 0 saturated heterocycles. The summed E-state index contributed by atoms with van der Waals surface area (Å²) in [7, 11) is -0.994. The van der Waals surface area contributed by atoms with Crippen LogP contribution in [0.4, 0.5) is 0 Å². The zero-order valence-electron chi connectivity index (χ0n) is 10.3. The lowest BCUT2D eigenvalue weighted by Gasteiger charge is -2.27. The second-order valence-electron chi connectivity index (χ2n) is 4.42. The molecule has 0 spiro atoms. The van der Waals surface area contributed by atoms with Gasteiger partial charge in [-0.3, -0.25) is 0 Å². The highest BCUT2D eigenvalue weighted by atomic mass is 28.3. The SMILES string of the molecule is CC[Si](CC)(CC)Cc1ccc[cH+]cc1. The minimum atomic E-state index is -0.994. The average Bonchev–Trinajstić information content (AvgIpc) is 2.54. The van der Waals surface area contributed by atoms with Gasteiger partial charge in [-0.2, -0.15) is 0 Å². The van der Waals surface area contributed by atoms with Crippen molar-refractivity contribution in [3.8, 4) is 0 Å². The van der Waals surface area contributed by atoms with Crippen LogP contribution in [0, 0.1) is 0 Å². The summed E-state index contributed by atoms with van der Waals surface area (Å²) in [5.74, 6) is 0.